The first-order valence-corrected chi connectivity index (χ1v) is 7.99. The first kappa shape index (κ1) is 14.5. The Morgan fingerprint density at radius 2 is 1.04 bits per heavy atom. The molecule has 0 fully saturated rings. The van der Waals surface area contributed by atoms with E-state index < -0.39 is 5.54 Å². The molecule has 0 atom stereocenters. The van der Waals surface area contributed by atoms with Gasteiger partial charge in [0.1, 0.15) is 5.54 Å². The molecule has 0 amide bonds. The van der Waals surface area contributed by atoms with Crippen LogP contribution in [-0.4, -0.2) is 9.55 Å². The zero-order valence-corrected chi connectivity index (χ0v) is 13.2. The SMILES string of the molecule is [c-]1cn(C(c2ccccc2)(c2ccccc2)c2ccccc2)cn1. The molecule has 0 bridgehead atoms. The summed E-state index contributed by atoms with van der Waals surface area (Å²) in [7, 11) is 0. The number of nitrogens with zero attached hydrogens (tertiary/aromatic N) is 2. The molecule has 0 N–H and O–H groups in total. The van der Waals surface area contributed by atoms with E-state index in [-0.39, 0.29) is 0 Å². The number of imidazole rings is 1. The Labute approximate surface area is 142 Å². The number of benzene rings is 3. The van der Waals surface area contributed by atoms with Crippen LogP contribution in [0.4, 0.5) is 0 Å². The molecule has 4 rings (SSSR count). The van der Waals surface area contributed by atoms with E-state index in [1.807, 2.05) is 30.7 Å². The molecule has 3 aromatic carbocycles. The van der Waals surface area contributed by atoms with Crippen molar-refractivity contribution < 1.29 is 0 Å². The molecule has 0 radical (unpaired) electrons. The van der Waals surface area contributed by atoms with Gasteiger partial charge in [0.25, 0.3) is 0 Å². The zero-order chi connectivity index (χ0) is 16.2. The Bertz CT molecular complexity index is 786. The molecule has 116 valence electrons. The largest absolute Gasteiger partial charge is 0.442 e. The van der Waals surface area contributed by atoms with Crippen LogP contribution < -0.4 is 0 Å². The van der Waals surface area contributed by atoms with Crippen molar-refractivity contribution in [2.45, 2.75) is 5.54 Å². The van der Waals surface area contributed by atoms with Crippen molar-refractivity contribution in [2.75, 3.05) is 0 Å². The zero-order valence-electron chi connectivity index (χ0n) is 13.2. The molecular formula is C22H17N2-. The van der Waals surface area contributed by atoms with Gasteiger partial charge >= 0.3 is 0 Å². The van der Waals surface area contributed by atoms with E-state index in [0.29, 0.717) is 0 Å². The van der Waals surface area contributed by atoms with Crippen LogP contribution in [0, 0.1) is 6.20 Å². The topological polar surface area (TPSA) is 17.8 Å². The third kappa shape index (κ3) is 2.24. The predicted octanol–water partition coefficient (Wildman–Crippen LogP) is 4.52. The minimum Gasteiger partial charge on any atom is -0.442 e. The normalized spacial score (nSPS) is 11.3. The van der Waals surface area contributed by atoms with Crippen LogP contribution in [0.2, 0.25) is 0 Å². The lowest BCUT2D eigenvalue weighted by molar-refractivity contribution is 0.514. The Balaban J connectivity index is 2.12. The van der Waals surface area contributed by atoms with Crippen LogP contribution in [0.15, 0.2) is 104 Å². The third-order valence-corrected chi connectivity index (χ3v) is 4.42. The molecule has 0 aliphatic rings. The monoisotopic (exact) mass is 309 g/mol. The minimum absolute atomic E-state index is 0.475. The summed E-state index contributed by atoms with van der Waals surface area (Å²) >= 11 is 0. The lowest BCUT2D eigenvalue weighted by atomic mass is 9.77. The number of aromatic nitrogens is 2. The lowest BCUT2D eigenvalue weighted by Gasteiger charge is -2.40. The summed E-state index contributed by atoms with van der Waals surface area (Å²) in [4.78, 5) is 4.20. The van der Waals surface area contributed by atoms with Crippen molar-refractivity contribution in [3.63, 3.8) is 0 Å². The molecule has 24 heavy (non-hydrogen) atoms. The summed E-state index contributed by atoms with van der Waals surface area (Å²) in [5.41, 5.74) is 3.09. The average Bonchev–Trinajstić information content (AvgIpc) is 3.20. The van der Waals surface area contributed by atoms with Crippen molar-refractivity contribution in [1.82, 2.24) is 9.55 Å². The Morgan fingerprint density at radius 1 is 0.625 bits per heavy atom. The maximum absolute atomic E-state index is 4.20. The summed E-state index contributed by atoms with van der Waals surface area (Å²) in [6, 6.07) is 31.6. The van der Waals surface area contributed by atoms with Crippen molar-refractivity contribution >= 4 is 0 Å². The van der Waals surface area contributed by atoms with Gasteiger partial charge in [-0.05, 0) is 16.7 Å². The standard InChI is InChI=1S/C22H17N2/c1-4-10-19(11-5-1)22(24-17-16-23-18-24,20-12-6-2-7-13-20)21-14-8-3-9-15-21/h1-15,17-18H/q-1. The highest BCUT2D eigenvalue weighted by atomic mass is 15.1. The van der Waals surface area contributed by atoms with E-state index >= 15 is 0 Å². The highest BCUT2D eigenvalue weighted by Gasteiger charge is 2.35. The fraction of sp³-hybridized carbons (Fsp3) is 0.0455. The number of hydrogen-bond acceptors (Lipinski definition) is 1. The molecule has 0 unspecified atom stereocenters. The summed E-state index contributed by atoms with van der Waals surface area (Å²) in [6.45, 7) is 0. The van der Waals surface area contributed by atoms with Crippen LogP contribution in [0.1, 0.15) is 16.7 Å². The van der Waals surface area contributed by atoms with E-state index in [9.17, 15) is 0 Å². The van der Waals surface area contributed by atoms with Crippen molar-refractivity contribution in [3.8, 4) is 0 Å². The molecule has 0 saturated carbocycles. The van der Waals surface area contributed by atoms with Gasteiger partial charge in [-0.25, -0.2) is 0 Å². The molecule has 1 heterocycles. The number of rotatable bonds is 4. The third-order valence-electron chi connectivity index (χ3n) is 4.42. The first-order chi connectivity index (χ1) is 11.9. The molecule has 1 aromatic heterocycles. The van der Waals surface area contributed by atoms with Crippen LogP contribution in [0.25, 0.3) is 0 Å². The summed E-state index contributed by atoms with van der Waals surface area (Å²) in [5, 5.41) is 0. The second-order valence-corrected chi connectivity index (χ2v) is 5.72. The maximum Gasteiger partial charge on any atom is 0.105 e. The van der Waals surface area contributed by atoms with Gasteiger partial charge in [0.05, 0.1) is 0 Å². The summed E-state index contributed by atoms with van der Waals surface area (Å²) in [5.74, 6) is 0. The molecule has 0 saturated heterocycles. The van der Waals surface area contributed by atoms with Crippen molar-refractivity contribution in [2.24, 2.45) is 0 Å². The molecule has 0 aliphatic carbocycles. The van der Waals surface area contributed by atoms with Gasteiger partial charge in [0.15, 0.2) is 0 Å². The second-order valence-electron chi connectivity index (χ2n) is 5.72. The minimum atomic E-state index is -0.475. The average molecular weight is 309 g/mol. The molecule has 0 aliphatic heterocycles. The van der Waals surface area contributed by atoms with E-state index in [2.05, 4.69) is 88.5 Å². The first-order valence-electron chi connectivity index (χ1n) is 7.99. The maximum atomic E-state index is 4.20. The highest BCUT2D eigenvalue weighted by molar-refractivity contribution is 5.50. The predicted molar refractivity (Wildman–Crippen MR) is 95.7 cm³/mol. The molecule has 4 aromatic rings. The van der Waals surface area contributed by atoms with Gasteiger partial charge in [-0.1, -0.05) is 104 Å². The van der Waals surface area contributed by atoms with Gasteiger partial charge in [0, 0.05) is 0 Å². The molecule has 2 heteroatoms. The van der Waals surface area contributed by atoms with E-state index in [0.717, 1.165) is 0 Å². The Morgan fingerprint density at radius 3 is 1.38 bits per heavy atom. The second kappa shape index (κ2) is 6.17. The molecular weight excluding hydrogens is 292 g/mol. The summed E-state index contributed by atoms with van der Waals surface area (Å²) < 4.78 is 2.13. The Kier molecular flexibility index (Phi) is 3.72. The van der Waals surface area contributed by atoms with Crippen LogP contribution in [0.5, 0.6) is 0 Å². The smallest absolute Gasteiger partial charge is 0.105 e. The van der Waals surface area contributed by atoms with Crippen LogP contribution >= 0.6 is 0 Å². The Hall–Kier alpha value is -3.13. The summed E-state index contributed by atoms with van der Waals surface area (Å²) in [6.07, 6.45) is 6.71. The van der Waals surface area contributed by atoms with Crippen molar-refractivity contribution in [1.29, 1.82) is 0 Å². The van der Waals surface area contributed by atoms with Gasteiger partial charge in [-0.3, -0.25) is 0 Å². The quantitative estimate of drug-likeness (QED) is 0.400. The fourth-order valence-electron chi connectivity index (χ4n) is 3.39. The van der Waals surface area contributed by atoms with Crippen molar-refractivity contribution in [3.05, 3.63) is 126 Å². The van der Waals surface area contributed by atoms with Gasteiger partial charge in [-0.2, -0.15) is 0 Å². The molecule has 0 spiro atoms. The van der Waals surface area contributed by atoms with Gasteiger partial charge < -0.3 is 9.55 Å². The van der Waals surface area contributed by atoms with E-state index in [4.69, 9.17) is 0 Å². The van der Waals surface area contributed by atoms with Crippen LogP contribution in [0.3, 0.4) is 0 Å². The van der Waals surface area contributed by atoms with Crippen LogP contribution in [-0.2, 0) is 5.54 Å². The molecule has 2 nitrogen and oxygen atoms in total. The lowest BCUT2D eigenvalue weighted by Crippen LogP contribution is -2.36. The van der Waals surface area contributed by atoms with E-state index in [1.165, 1.54) is 16.7 Å². The van der Waals surface area contributed by atoms with Gasteiger partial charge in [-0.15, -0.1) is 6.20 Å². The van der Waals surface area contributed by atoms with Gasteiger partial charge in [0.2, 0.25) is 0 Å². The van der Waals surface area contributed by atoms with E-state index in [1.54, 1.807) is 0 Å². The number of hydrogen-bond donors (Lipinski definition) is 0. The highest BCUT2D eigenvalue weighted by Crippen LogP contribution is 2.40. The fourth-order valence-corrected chi connectivity index (χ4v) is 3.39.